The lowest BCUT2D eigenvalue weighted by atomic mass is 10.1. The number of halogens is 1. The molecule has 3 aromatic rings. The third-order valence-electron chi connectivity index (χ3n) is 4.03. The fourth-order valence-corrected chi connectivity index (χ4v) is 3.70. The molecular formula is C20H18FN3O3S. The van der Waals surface area contributed by atoms with Crippen LogP contribution in [0.5, 0.6) is 0 Å². The molecule has 0 bridgehead atoms. The SMILES string of the molecule is Cc1cc(S(=O)(=O)Nc2ccccc2C(=O)NCc2cccnc2)ccc1F. The standard InChI is InChI=1S/C20H18FN3O3S/c1-14-11-16(8-9-18(14)21)28(26,27)24-19-7-3-2-6-17(19)20(25)23-13-15-5-4-10-22-12-15/h2-12,24H,13H2,1H3,(H,23,25). The number of pyridine rings is 1. The molecular weight excluding hydrogens is 381 g/mol. The second kappa shape index (κ2) is 8.18. The summed E-state index contributed by atoms with van der Waals surface area (Å²) in [5.74, 6) is -0.924. The molecule has 1 amide bonds. The van der Waals surface area contributed by atoms with E-state index in [0.717, 1.165) is 11.6 Å². The number of sulfonamides is 1. The molecule has 0 saturated carbocycles. The molecule has 0 aliphatic rings. The number of benzene rings is 2. The smallest absolute Gasteiger partial charge is 0.261 e. The van der Waals surface area contributed by atoms with Crippen molar-refractivity contribution in [3.63, 3.8) is 0 Å². The van der Waals surface area contributed by atoms with Crippen molar-refractivity contribution in [3.05, 3.63) is 89.5 Å². The first kappa shape index (κ1) is 19.5. The number of aryl methyl sites for hydroxylation is 1. The molecule has 0 fully saturated rings. The molecule has 8 heteroatoms. The van der Waals surface area contributed by atoms with Gasteiger partial charge in [0.05, 0.1) is 16.1 Å². The molecule has 1 heterocycles. The highest BCUT2D eigenvalue weighted by molar-refractivity contribution is 7.92. The molecule has 0 aliphatic heterocycles. The van der Waals surface area contributed by atoms with Crippen LogP contribution in [-0.4, -0.2) is 19.3 Å². The monoisotopic (exact) mass is 399 g/mol. The Hall–Kier alpha value is -3.26. The van der Waals surface area contributed by atoms with Crippen molar-refractivity contribution in [2.24, 2.45) is 0 Å². The van der Waals surface area contributed by atoms with Crippen LogP contribution in [0.3, 0.4) is 0 Å². The first-order valence-electron chi connectivity index (χ1n) is 8.42. The van der Waals surface area contributed by atoms with Crippen molar-refractivity contribution in [1.29, 1.82) is 0 Å². The zero-order chi connectivity index (χ0) is 20.1. The second-order valence-corrected chi connectivity index (χ2v) is 7.79. The highest BCUT2D eigenvalue weighted by Gasteiger charge is 2.19. The van der Waals surface area contributed by atoms with Gasteiger partial charge in [0.25, 0.3) is 15.9 Å². The third-order valence-corrected chi connectivity index (χ3v) is 5.39. The van der Waals surface area contributed by atoms with Gasteiger partial charge in [-0.2, -0.15) is 0 Å². The molecule has 0 aliphatic carbocycles. The fourth-order valence-electron chi connectivity index (χ4n) is 2.54. The van der Waals surface area contributed by atoms with Crippen LogP contribution in [0.25, 0.3) is 0 Å². The average Bonchev–Trinajstić information content (AvgIpc) is 2.69. The molecule has 0 radical (unpaired) electrons. The minimum Gasteiger partial charge on any atom is -0.348 e. The first-order chi connectivity index (χ1) is 13.4. The molecule has 0 atom stereocenters. The topological polar surface area (TPSA) is 88.2 Å². The lowest BCUT2D eigenvalue weighted by Gasteiger charge is -2.13. The largest absolute Gasteiger partial charge is 0.348 e. The molecule has 0 spiro atoms. The van der Waals surface area contributed by atoms with Crippen molar-refractivity contribution in [3.8, 4) is 0 Å². The number of amides is 1. The number of carbonyl (C=O) groups is 1. The molecule has 1 aromatic heterocycles. The number of aromatic nitrogens is 1. The predicted molar refractivity (Wildman–Crippen MR) is 104 cm³/mol. The number of anilines is 1. The Balaban J connectivity index is 1.81. The number of nitrogens with zero attached hydrogens (tertiary/aromatic N) is 1. The van der Waals surface area contributed by atoms with Crippen molar-refractivity contribution in [2.75, 3.05) is 4.72 Å². The zero-order valence-corrected chi connectivity index (χ0v) is 15.8. The summed E-state index contributed by atoms with van der Waals surface area (Å²) in [6, 6.07) is 13.4. The maximum absolute atomic E-state index is 13.4. The highest BCUT2D eigenvalue weighted by Crippen LogP contribution is 2.21. The molecule has 3 rings (SSSR count). The van der Waals surface area contributed by atoms with Gasteiger partial charge in [0, 0.05) is 18.9 Å². The Labute approximate surface area is 162 Å². The summed E-state index contributed by atoms with van der Waals surface area (Å²) in [5.41, 5.74) is 1.34. The van der Waals surface area contributed by atoms with Gasteiger partial charge in [-0.3, -0.25) is 14.5 Å². The summed E-state index contributed by atoms with van der Waals surface area (Å²) in [6.45, 7) is 1.74. The Morgan fingerprint density at radius 2 is 1.89 bits per heavy atom. The van der Waals surface area contributed by atoms with Gasteiger partial charge in [-0.25, -0.2) is 12.8 Å². The average molecular weight is 399 g/mol. The van der Waals surface area contributed by atoms with Crippen LogP contribution in [0.1, 0.15) is 21.5 Å². The summed E-state index contributed by atoms with van der Waals surface area (Å²) in [5, 5.41) is 2.73. The van der Waals surface area contributed by atoms with Gasteiger partial charge in [-0.15, -0.1) is 0 Å². The first-order valence-corrected chi connectivity index (χ1v) is 9.90. The van der Waals surface area contributed by atoms with Crippen LogP contribution >= 0.6 is 0 Å². The van der Waals surface area contributed by atoms with Crippen LogP contribution < -0.4 is 10.0 Å². The van der Waals surface area contributed by atoms with Gasteiger partial charge < -0.3 is 5.32 Å². The number of carbonyl (C=O) groups excluding carboxylic acids is 1. The number of nitrogens with one attached hydrogen (secondary N) is 2. The van der Waals surface area contributed by atoms with Gasteiger partial charge in [-0.05, 0) is 54.4 Å². The zero-order valence-electron chi connectivity index (χ0n) is 15.0. The quantitative estimate of drug-likeness (QED) is 0.666. The number of hydrogen-bond acceptors (Lipinski definition) is 4. The van der Waals surface area contributed by atoms with E-state index in [1.165, 1.54) is 31.2 Å². The fraction of sp³-hybridized carbons (Fsp3) is 0.100. The van der Waals surface area contributed by atoms with Crippen LogP contribution in [0.15, 0.2) is 71.9 Å². The van der Waals surface area contributed by atoms with E-state index in [1.807, 2.05) is 6.07 Å². The lowest BCUT2D eigenvalue weighted by Crippen LogP contribution is -2.25. The number of para-hydroxylation sites is 1. The van der Waals surface area contributed by atoms with Crippen LogP contribution in [-0.2, 0) is 16.6 Å². The van der Waals surface area contributed by atoms with Gasteiger partial charge >= 0.3 is 0 Å². The van der Waals surface area contributed by atoms with E-state index in [1.54, 1.807) is 30.6 Å². The van der Waals surface area contributed by atoms with Gasteiger partial charge in [0.1, 0.15) is 5.82 Å². The summed E-state index contributed by atoms with van der Waals surface area (Å²) in [4.78, 5) is 16.4. The molecule has 2 N–H and O–H groups in total. The maximum Gasteiger partial charge on any atom is 0.261 e. The molecule has 28 heavy (non-hydrogen) atoms. The lowest BCUT2D eigenvalue weighted by molar-refractivity contribution is 0.0952. The van der Waals surface area contributed by atoms with E-state index < -0.39 is 21.7 Å². The summed E-state index contributed by atoms with van der Waals surface area (Å²) in [6.07, 6.45) is 3.26. The number of hydrogen-bond donors (Lipinski definition) is 2. The van der Waals surface area contributed by atoms with E-state index >= 15 is 0 Å². The molecule has 2 aromatic carbocycles. The minimum absolute atomic E-state index is 0.0861. The molecule has 6 nitrogen and oxygen atoms in total. The van der Waals surface area contributed by atoms with E-state index in [-0.39, 0.29) is 28.3 Å². The van der Waals surface area contributed by atoms with Gasteiger partial charge in [0.15, 0.2) is 0 Å². The summed E-state index contributed by atoms with van der Waals surface area (Å²) >= 11 is 0. The number of rotatable bonds is 6. The van der Waals surface area contributed by atoms with Crippen molar-refractivity contribution in [1.82, 2.24) is 10.3 Å². The predicted octanol–water partition coefficient (Wildman–Crippen LogP) is 3.26. The maximum atomic E-state index is 13.4. The molecule has 0 saturated heterocycles. The molecule has 144 valence electrons. The van der Waals surface area contributed by atoms with E-state index in [4.69, 9.17) is 0 Å². The van der Waals surface area contributed by atoms with Gasteiger partial charge in [-0.1, -0.05) is 18.2 Å². The van der Waals surface area contributed by atoms with E-state index in [0.29, 0.717) is 0 Å². The van der Waals surface area contributed by atoms with Crippen LogP contribution in [0.2, 0.25) is 0 Å². The highest BCUT2D eigenvalue weighted by atomic mass is 32.2. The molecule has 0 unspecified atom stereocenters. The van der Waals surface area contributed by atoms with E-state index in [9.17, 15) is 17.6 Å². The summed E-state index contributed by atoms with van der Waals surface area (Å²) in [7, 11) is -3.98. The Morgan fingerprint density at radius 3 is 2.61 bits per heavy atom. The second-order valence-electron chi connectivity index (χ2n) is 6.11. The Bertz CT molecular complexity index is 1100. The van der Waals surface area contributed by atoms with Crippen molar-refractivity contribution in [2.45, 2.75) is 18.4 Å². The Morgan fingerprint density at radius 1 is 1.11 bits per heavy atom. The third kappa shape index (κ3) is 4.52. The van der Waals surface area contributed by atoms with Crippen molar-refractivity contribution < 1.29 is 17.6 Å². The minimum atomic E-state index is -3.98. The van der Waals surface area contributed by atoms with Crippen molar-refractivity contribution >= 4 is 21.6 Å². The van der Waals surface area contributed by atoms with Crippen LogP contribution in [0.4, 0.5) is 10.1 Å². The Kier molecular flexibility index (Phi) is 5.70. The summed E-state index contributed by atoms with van der Waals surface area (Å²) < 4.78 is 41.1. The van der Waals surface area contributed by atoms with Gasteiger partial charge in [0.2, 0.25) is 0 Å². The van der Waals surface area contributed by atoms with Crippen LogP contribution in [0, 0.1) is 12.7 Å². The van der Waals surface area contributed by atoms with E-state index in [2.05, 4.69) is 15.0 Å². The normalized spacial score (nSPS) is 11.1.